The number of nitrogens with zero attached hydrogens (tertiary/aromatic N) is 1. The highest BCUT2D eigenvalue weighted by Crippen LogP contribution is 2.23. The quantitative estimate of drug-likeness (QED) is 0.915. The third-order valence-corrected chi connectivity index (χ3v) is 5.55. The molecule has 1 aromatic carbocycles. The molecule has 1 saturated heterocycles. The minimum Gasteiger partial charge on any atom is -0.316 e. The maximum atomic E-state index is 3.56. The molecule has 2 nitrogen and oxygen atoms in total. The summed E-state index contributed by atoms with van der Waals surface area (Å²) in [6, 6.07) is 9.00. The van der Waals surface area contributed by atoms with E-state index in [4.69, 9.17) is 0 Å². The number of nitrogens with one attached hydrogen (secondary N) is 1. The van der Waals surface area contributed by atoms with Crippen LogP contribution in [-0.2, 0) is 12.8 Å². The molecule has 0 spiro atoms. The van der Waals surface area contributed by atoms with Crippen LogP contribution in [-0.4, -0.2) is 37.6 Å². The molecule has 1 N–H and O–H groups in total. The smallest absolute Gasteiger partial charge is 0.00221 e. The molecule has 0 aliphatic carbocycles. The first kappa shape index (κ1) is 15.1. The predicted molar refractivity (Wildman–Crippen MR) is 89.7 cm³/mol. The molecule has 2 heteroatoms. The van der Waals surface area contributed by atoms with Crippen LogP contribution in [0.3, 0.4) is 0 Å². The fraction of sp³-hybridized carbons (Fsp3) is 0.684. The zero-order chi connectivity index (χ0) is 14.5. The first-order valence-corrected chi connectivity index (χ1v) is 8.83. The lowest BCUT2D eigenvalue weighted by Gasteiger charge is -2.30. The summed E-state index contributed by atoms with van der Waals surface area (Å²) in [4.78, 5) is 2.69. The molecule has 0 aromatic heterocycles. The van der Waals surface area contributed by atoms with E-state index >= 15 is 0 Å². The molecule has 0 radical (unpaired) electrons. The molecule has 2 unspecified atom stereocenters. The summed E-state index contributed by atoms with van der Waals surface area (Å²) in [5.41, 5.74) is 3.15. The number of hydrogen-bond acceptors (Lipinski definition) is 2. The number of fused-ring (bicyclic) bond motifs is 1. The van der Waals surface area contributed by atoms with Gasteiger partial charge in [-0.2, -0.15) is 0 Å². The van der Waals surface area contributed by atoms with Gasteiger partial charge in [0, 0.05) is 13.1 Å². The van der Waals surface area contributed by atoms with Gasteiger partial charge in [0.15, 0.2) is 0 Å². The number of benzene rings is 1. The summed E-state index contributed by atoms with van der Waals surface area (Å²) in [5, 5.41) is 3.56. The highest BCUT2D eigenvalue weighted by molar-refractivity contribution is 5.28. The van der Waals surface area contributed by atoms with Crippen molar-refractivity contribution < 1.29 is 0 Å². The molecule has 0 amide bonds. The van der Waals surface area contributed by atoms with Crippen LogP contribution in [0.25, 0.3) is 0 Å². The molecule has 1 aromatic rings. The van der Waals surface area contributed by atoms with Crippen molar-refractivity contribution in [2.24, 2.45) is 11.8 Å². The Kier molecular flexibility index (Phi) is 5.32. The number of piperidine rings is 1. The van der Waals surface area contributed by atoms with Gasteiger partial charge in [-0.1, -0.05) is 31.2 Å². The summed E-state index contributed by atoms with van der Waals surface area (Å²) in [6.45, 7) is 8.70. The molecule has 3 rings (SSSR count). The third kappa shape index (κ3) is 4.08. The average Bonchev–Trinajstić information content (AvgIpc) is 2.76. The molecule has 2 heterocycles. The third-order valence-electron chi connectivity index (χ3n) is 5.55. The van der Waals surface area contributed by atoms with Crippen molar-refractivity contribution in [1.29, 1.82) is 0 Å². The molecule has 116 valence electrons. The molecule has 0 saturated carbocycles. The largest absolute Gasteiger partial charge is 0.316 e. The van der Waals surface area contributed by atoms with Gasteiger partial charge in [-0.25, -0.2) is 0 Å². The molecular weight excluding hydrogens is 256 g/mol. The number of rotatable bonds is 4. The van der Waals surface area contributed by atoms with E-state index in [1.807, 2.05) is 0 Å². The van der Waals surface area contributed by atoms with Crippen molar-refractivity contribution in [3.8, 4) is 0 Å². The highest BCUT2D eigenvalue weighted by atomic mass is 15.1. The summed E-state index contributed by atoms with van der Waals surface area (Å²) in [6.07, 6.45) is 6.63. The molecule has 21 heavy (non-hydrogen) atoms. The average molecular weight is 286 g/mol. The SMILES string of the molecule is CC(CCN1CCc2ccccc2CC1)C1CCCNC1. The maximum Gasteiger partial charge on any atom is 0.00221 e. The van der Waals surface area contributed by atoms with Gasteiger partial charge in [0.2, 0.25) is 0 Å². The summed E-state index contributed by atoms with van der Waals surface area (Å²) < 4.78 is 0. The Labute approximate surface area is 129 Å². The van der Waals surface area contributed by atoms with Crippen LogP contribution in [0.15, 0.2) is 24.3 Å². The van der Waals surface area contributed by atoms with Crippen molar-refractivity contribution >= 4 is 0 Å². The first-order valence-electron chi connectivity index (χ1n) is 8.83. The number of hydrogen-bond donors (Lipinski definition) is 1. The van der Waals surface area contributed by atoms with Gasteiger partial charge in [-0.3, -0.25) is 0 Å². The van der Waals surface area contributed by atoms with Crippen molar-refractivity contribution in [2.45, 2.75) is 39.0 Å². The van der Waals surface area contributed by atoms with Crippen LogP contribution in [0, 0.1) is 11.8 Å². The minimum absolute atomic E-state index is 0.864. The Balaban J connectivity index is 1.46. The molecule has 0 bridgehead atoms. The van der Waals surface area contributed by atoms with E-state index in [-0.39, 0.29) is 0 Å². The second-order valence-electron chi connectivity index (χ2n) is 6.98. The second kappa shape index (κ2) is 7.42. The maximum absolute atomic E-state index is 3.56. The summed E-state index contributed by atoms with van der Waals surface area (Å²) in [5.74, 6) is 1.77. The highest BCUT2D eigenvalue weighted by Gasteiger charge is 2.21. The van der Waals surface area contributed by atoms with Crippen LogP contribution >= 0.6 is 0 Å². The lowest BCUT2D eigenvalue weighted by molar-refractivity contribution is 0.217. The van der Waals surface area contributed by atoms with Crippen molar-refractivity contribution in [3.63, 3.8) is 0 Å². The molecule has 2 aliphatic rings. The topological polar surface area (TPSA) is 15.3 Å². The van der Waals surface area contributed by atoms with Crippen LogP contribution in [0.2, 0.25) is 0 Å². The van der Waals surface area contributed by atoms with E-state index in [9.17, 15) is 0 Å². The lowest BCUT2D eigenvalue weighted by Crippen LogP contribution is -2.35. The van der Waals surface area contributed by atoms with Gasteiger partial charge in [-0.05, 0) is 74.7 Å². The van der Waals surface area contributed by atoms with E-state index < -0.39 is 0 Å². The molecular formula is C19H30N2. The Bertz CT molecular complexity index is 410. The Morgan fingerprint density at radius 3 is 2.52 bits per heavy atom. The fourth-order valence-electron chi connectivity index (χ4n) is 3.92. The Hall–Kier alpha value is -0.860. The Morgan fingerprint density at radius 1 is 1.19 bits per heavy atom. The van der Waals surface area contributed by atoms with Gasteiger partial charge in [0.05, 0.1) is 0 Å². The van der Waals surface area contributed by atoms with Crippen LogP contribution in [0.4, 0.5) is 0 Å². The van der Waals surface area contributed by atoms with Crippen molar-refractivity contribution in [3.05, 3.63) is 35.4 Å². The first-order chi connectivity index (χ1) is 10.3. The van der Waals surface area contributed by atoms with Gasteiger partial charge >= 0.3 is 0 Å². The normalized spacial score (nSPS) is 25.1. The minimum atomic E-state index is 0.864. The molecule has 1 fully saturated rings. The van der Waals surface area contributed by atoms with Gasteiger partial charge in [0.1, 0.15) is 0 Å². The predicted octanol–water partition coefficient (Wildman–Crippen LogP) is 3.11. The van der Waals surface area contributed by atoms with Gasteiger partial charge in [-0.15, -0.1) is 0 Å². The van der Waals surface area contributed by atoms with Gasteiger partial charge < -0.3 is 10.2 Å². The zero-order valence-electron chi connectivity index (χ0n) is 13.5. The lowest BCUT2D eigenvalue weighted by atomic mass is 9.85. The van der Waals surface area contributed by atoms with Crippen LogP contribution in [0.5, 0.6) is 0 Å². The van der Waals surface area contributed by atoms with E-state index in [1.54, 1.807) is 11.1 Å². The monoisotopic (exact) mass is 286 g/mol. The fourth-order valence-corrected chi connectivity index (χ4v) is 3.92. The van der Waals surface area contributed by atoms with E-state index in [0.29, 0.717) is 0 Å². The summed E-state index contributed by atoms with van der Waals surface area (Å²) in [7, 11) is 0. The standard InChI is InChI=1S/C19H30N2/c1-16(19-7-4-11-20-15-19)8-12-21-13-9-17-5-2-3-6-18(17)10-14-21/h2-3,5-6,16,19-20H,4,7-15H2,1H3. The molecule has 2 aliphatic heterocycles. The van der Waals surface area contributed by atoms with Crippen LogP contribution < -0.4 is 5.32 Å². The van der Waals surface area contributed by atoms with E-state index in [2.05, 4.69) is 41.4 Å². The van der Waals surface area contributed by atoms with Crippen molar-refractivity contribution in [2.75, 3.05) is 32.7 Å². The zero-order valence-corrected chi connectivity index (χ0v) is 13.5. The molecule has 2 atom stereocenters. The van der Waals surface area contributed by atoms with Crippen LogP contribution in [0.1, 0.15) is 37.3 Å². The summed E-state index contributed by atoms with van der Waals surface area (Å²) >= 11 is 0. The van der Waals surface area contributed by atoms with E-state index in [0.717, 1.165) is 11.8 Å². The van der Waals surface area contributed by atoms with Crippen molar-refractivity contribution in [1.82, 2.24) is 10.2 Å². The van der Waals surface area contributed by atoms with Gasteiger partial charge in [0.25, 0.3) is 0 Å². The van der Waals surface area contributed by atoms with E-state index in [1.165, 1.54) is 64.8 Å². The Morgan fingerprint density at radius 2 is 1.90 bits per heavy atom. The second-order valence-corrected chi connectivity index (χ2v) is 6.98.